The Morgan fingerprint density at radius 1 is 1.37 bits per heavy atom. The summed E-state index contributed by atoms with van der Waals surface area (Å²) in [7, 11) is 0. The number of hydrogen-bond acceptors (Lipinski definition) is 5. The summed E-state index contributed by atoms with van der Waals surface area (Å²) in [5.74, 6) is 0. The normalized spacial score (nSPS) is 11.8. The summed E-state index contributed by atoms with van der Waals surface area (Å²) in [4.78, 5) is 8.70. The van der Waals surface area contributed by atoms with E-state index in [0.717, 1.165) is 22.8 Å². The first-order chi connectivity index (χ1) is 8.94. The summed E-state index contributed by atoms with van der Waals surface area (Å²) < 4.78 is 5.36. The molecular formula is C14H19N3OS. The molecule has 0 atom stereocenters. The first-order valence-corrected chi connectivity index (χ1v) is 7.04. The van der Waals surface area contributed by atoms with Crippen LogP contribution in [-0.4, -0.2) is 15.5 Å². The third-order valence-electron chi connectivity index (χ3n) is 2.44. The molecule has 0 spiro atoms. The van der Waals surface area contributed by atoms with Crippen molar-refractivity contribution in [2.24, 2.45) is 0 Å². The Kier molecular flexibility index (Phi) is 4.27. The van der Waals surface area contributed by atoms with E-state index in [4.69, 9.17) is 4.42 Å². The van der Waals surface area contributed by atoms with Crippen LogP contribution < -0.4 is 5.32 Å². The van der Waals surface area contributed by atoms with Crippen LogP contribution in [0.2, 0.25) is 0 Å². The summed E-state index contributed by atoms with van der Waals surface area (Å²) in [6.45, 7) is 9.13. The molecule has 0 radical (unpaired) electrons. The number of nitrogens with zero attached hydrogens (tertiary/aromatic N) is 2. The molecule has 0 aliphatic rings. The lowest BCUT2D eigenvalue weighted by molar-refractivity contribution is 0.421. The average molecular weight is 277 g/mol. The Morgan fingerprint density at radius 3 is 2.79 bits per heavy atom. The Hall–Kier alpha value is -1.33. The van der Waals surface area contributed by atoms with Gasteiger partial charge < -0.3 is 9.73 Å². The zero-order valence-electron chi connectivity index (χ0n) is 11.7. The van der Waals surface area contributed by atoms with Crippen LogP contribution in [0.3, 0.4) is 0 Å². The van der Waals surface area contributed by atoms with Crippen LogP contribution in [0, 0.1) is 6.92 Å². The van der Waals surface area contributed by atoms with Crippen molar-refractivity contribution in [3.63, 3.8) is 0 Å². The highest BCUT2D eigenvalue weighted by Gasteiger charge is 2.13. The number of pyridine rings is 1. The molecule has 5 heteroatoms. The smallest absolute Gasteiger partial charge is 0.262 e. The molecule has 0 fully saturated rings. The number of oxazole rings is 1. The van der Waals surface area contributed by atoms with E-state index < -0.39 is 0 Å². The molecule has 4 nitrogen and oxygen atoms in total. The van der Waals surface area contributed by atoms with E-state index in [0.29, 0.717) is 5.22 Å². The highest BCUT2D eigenvalue weighted by Crippen LogP contribution is 2.28. The maximum atomic E-state index is 5.36. The Labute approximate surface area is 118 Å². The van der Waals surface area contributed by atoms with E-state index in [1.807, 2.05) is 13.0 Å². The SMILES string of the molecule is Cc1coc(Sc2ncccc2CNC(C)(C)C)n1. The van der Waals surface area contributed by atoms with Gasteiger partial charge in [0.05, 0.1) is 5.69 Å². The minimum absolute atomic E-state index is 0.0807. The largest absolute Gasteiger partial charge is 0.439 e. The van der Waals surface area contributed by atoms with E-state index in [1.54, 1.807) is 12.5 Å². The van der Waals surface area contributed by atoms with Crippen molar-refractivity contribution in [1.82, 2.24) is 15.3 Å². The van der Waals surface area contributed by atoms with Gasteiger partial charge in [-0.2, -0.15) is 0 Å². The van der Waals surface area contributed by atoms with Crippen molar-refractivity contribution in [2.45, 2.75) is 50.0 Å². The number of rotatable bonds is 4. The zero-order valence-corrected chi connectivity index (χ0v) is 12.5. The number of hydrogen-bond donors (Lipinski definition) is 1. The summed E-state index contributed by atoms with van der Waals surface area (Å²) in [5.41, 5.74) is 2.11. The molecule has 0 aromatic carbocycles. The molecule has 0 amide bonds. The predicted octanol–water partition coefficient (Wildman–Crippen LogP) is 3.42. The standard InChI is InChI=1S/C14H19N3OS/c1-10-9-18-13(17-10)19-12-11(6-5-7-15-12)8-16-14(2,3)4/h5-7,9,16H,8H2,1-4H3. The van der Waals surface area contributed by atoms with Gasteiger partial charge in [0.1, 0.15) is 11.3 Å². The van der Waals surface area contributed by atoms with E-state index in [9.17, 15) is 0 Å². The van der Waals surface area contributed by atoms with Crippen LogP contribution in [0.5, 0.6) is 0 Å². The lowest BCUT2D eigenvalue weighted by Crippen LogP contribution is -2.35. The molecule has 2 heterocycles. The molecule has 0 unspecified atom stereocenters. The Bertz CT molecular complexity index is 546. The van der Waals surface area contributed by atoms with Gasteiger partial charge in [-0.3, -0.25) is 0 Å². The lowest BCUT2D eigenvalue weighted by Gasteiger charge is -2.21. The van der Waals surface area contributed by atoms with E-state index in [2.05, 4.69) is 42.1 Å². The third-order valence-corrected chi connectivity index (χ3v) is 3.36. The fraction of sp³-hybridized carbons (Fsp3) is 0.429. The van der Waals surface area contributed by atoms with E-state index in [1.165, 1.54) is 11.8 Å². The monoisotopic (exact) mass is 277 g/mol. The maximum absolute atomic E-state index is 5.36. The zero-order chi connectivity index (χ0) is 13.9. The van der Waals surface area contributed by atoms with Crippen molar-refractivity contribution >= 4 is 11.8 Å². The second-order valence-corrected chi connectivity index (χ2v) is 6.37. The fourth-order valence-corrected chi connectivity index (χ4v) is 2.31. The molecule has 2 aromatic rings. The third kappa shape index (κ3) is 4.36. The molecular weight excluding hydrogens is 258 g/mol. The summed E-state index contributed by atoms with van der Waals surface area (Å²) in [5, 5.41) is 5.03. The highest BCUT2D eigenvalue weighted by molar-refractivity contribution is 7.99. The minimum atomic E-state index is 0.0807. The van der Waals surface area contributed by atoms with Gasteiger partial charge in [0.2, 0.25) is 0 Å². The summed E-state index contributed by atoms with van der Waals surface area (Å²) in [6, 6.07) is 4.02. The van der Waals surface area contributed by atoms with Gasteiger partial charge in [-0.05, 0) is 51.1 Å². The molecule has 0 aliphatic heterocycles. The Morgan fingerprint density at radius 2 is 2.16 bits per heavy atom. The van der Waals surface area contributed by atoms with Gasteiger partial charge in [-0.25, -0.2) is 9.97 Å². The van der Waals surface area contributed by atoms with Crippen LogP contribution in [0.4, 0.5) is 0 Å². The molecule has 0 saturated heterocycles. The van der Waals surface area contributed by atoms with Crippen molar-refractivity contribution in [2.75, 3.05) is 0 Å². The minimum Gasteiger partial charge on any atom is -0.439 e. The number of nitrogens with one attached hydrogen (secondary N) is 1. The van der Waals surface area contributed by atoms with E-state index >= 15 is 0 Å². The maximum Gasteiger partial charge on any atom is 0.262 e. The van der Waals surface area contributed by atoms with Crippen molar-refractivity contribution in [3.8, 4) is 0 Å². The fourth-order valence-electron chi connectivity index (χ4n) is 1.47. The number of aromatic nitrogens is 2. The van der Waals surface area contributed by atoms with Crippen molar-refractivity contribution in [1.29, 1.82) is 0 Å². The lowest BCUT2D eigenvalue weighted by atomic mass is 10.1. The Balaban J connectivity index is 2.12. The molecule has 0 saturated carbocycles. The molecule has 0 bridgehead atoms. The van der Waals surface area contributed by atoms with Crippen molar-refractivity contribution in [3.05, 3.63) is 35.9 Å². The van der Waals surface area contributed by atoms with Gasteiger partial charge in [-0.1, -0.05) is 6.07 Å². The molecule has 2 aromatic heterocycles. The summed E-state index contributed by atoms with van der Waals surface area (Å²) >= 11 is 1.46. The van der Waals surface area contributed by atoms with Crippen LogP contribution in [-0.2, 0) is 6.54 Å². The second-order valence-electron chi connectivity index (χ2n) is 5.43. The van der Waals surface area contributed by atoms with Gasteiger partial charge in [-0.15, -0.1) is 0 Å². The van der Waals surface area contributed by atoms with E-state index in [-0.39, 0.29) is 5.54 Å². The molecule has 19 heavy (non-hydrogen) atoms. The van der Waals surface area contributed by atoms with Crippen LogP contribution >= 0.6 is 11.8 Å². The molecule has 0 aliphatic carbocycles. The average Bonchev–Trinajstić information content (AvgIpc) is 2.73. The van der Waals surface area contributed by atoms with Gasteiger partial charge >= 0.3 is 0 Å². The first-order valence-electron chi connectivity index (χ1n) is 6.23. The topological polar surface area (TPSA) is 51.0 Å². The predicted molar refractivity (Wildman–Crippen MR) is 76.2 cm³/mol. The van der Waals surface area contributed by atoms with Crippen LogP contribution in [0.15, 0.2) is 39.3 Å². The molecule has 102 valence electrons. The molecule has 1 N–H and O–H groups in total. The molecule has 2 rings (SSSR count). The first kappa shape index (κ1) is 14.1. The summed E-state index contributed by atoms with van der Waals surface area (Å²) in [6.07, 6.45) is 3.44. The van der Waals surface area contributed by atoms with Gasteiger partial charge in [0.25, 0.3) is 5.22 Å². The quantitative estimate of drug-likeness (QED) is 0.928. The van der Waals surface area contributed by atoms with Crippen LogP contribution in [0.25, 0.3) is 0 Å². The highest BCUT2D eigenvalue weighted by atomic mass is 32.2. The van der Waals surface area contributed by atoms with Gasteiger partial charge in [0, 0.05) is 18.3 Å². The van der Waals surface area contributed by atoms with Crippen molar-refractivity contribution < 1.29 is 4.42 Å². The van der Waals surface area contributed by atoms with Gasteiger partial charge in [0.15, 0.2) is 0 Å². The second kappa shape index (κ2) is 5.75. The number of aryl methyl sites for hydroxylation is 1. The van der Waals surface area contributed by atoms with Crippen LogP contribution in [0.1, 0.15) is 32.0 Å².